The Hall–Kier alpha value is -1.11. The maximum Gasteiger partial charge on any atom is 0.0747 e. The van der Waals surface area contributed by atoms with E-state index in [0.29, 0.717) is 6.04 Å². The summed E-state index contributed by atoms with van der Waals surface area (Å²) >= 11 is 0. The molecule has 2 rings (SSSR count). The van der Waals surface area contributed by atoms with Gasteiger partial charge in [-0.15, -0.1) is 0 Å². The number of nitrogens with zero attached hydrogens (tertiary/aromatic N) is 1. The summed E-state index contributed by atoms with van der Waals surface area (Å²) < 4.78 is 0. The van der Waals surface area contributed by atoms with Gasteiger partial charge in [0.15, 0.2) is 0 Å². The van der Waals surface area contributed by atoms with Gasteiger partial charge in [-0.25, -0.2) is 0 Å². The van der Waals surface area contributed by atoms with Gasteiger partial charge in [-0.1, -0.05) is 24.3 Å². The van der Waals surface area contributed by atoms with E-state index in [1.165, 1.54) is 17.5 Å². The lowest BCUT2D eigenvalue weighted by molar-refractivity contribution is 0.721. The lowest BCUT2D eigenvalue weighted by Gasteiger charge is -2.02. The van der Waals surface area contributed by atoms with Gasteiger partial charge in [-0.3, -0.25) is 4.99 Å². The normalized spacial score (nSPS) is 21.3. The van der Waals surface area contributed by atoms with Crippen molar-refractivity contribution < 1.29 is 0 Å². The van der Waals surface area contributed by atoms with E-state index < -0.39 is 0 Å². The molecule has 1 aliphatic carbocycles. The van der Waals surface area contributed by atoms with Crippen LogP contribution in [0.2, 0.25) is 0 Å². The first-order valence-electron chi connectivity index (χ1n) is 3.95. The van der Waals surface area contributed by atoms with Crippen molar-refractivity contribution in [1.29, 1.82) is 0 Å². The molecule has 0 aromatic heterocycles. The van der Waals surface area contributed by atoms with Crippen LogP contribution in [0.5, 0.6) is 0 Å². The zero-order valence-electron chi connectivity index (χ0n) is 6.46. The van der Waals surface area contributed by atoms with Gasteiger partial charge in [-0.2, -0.15) is 0 Å². The Morgan fingerprint density at radius 2 is 2.18 bits per heavy atom. The van der Waals surface area contributed by atoms with Crippen LogP contribution in [-0.2, 0) is 6.42 Å². The van der Waals surface area contributed by atoms with Crippen molar-refractivity contribution in [3.63, 3.8) is 0 Å². The third-order valence-corrected chi connectivity index (χ3v) is 2.32. The molecule has 1 unspecified atom stereocenters. The van der Waals surface area contributed by atoms with Gasteiger partial charge in [-0.05, 0) is 30.7 Å². The third-order valence-electron chi connectivity index (χ3n) is 2.32. The molecule has 0 aliphatic heterocycles. The third kappa shape index (κ3) is 0.967. The second-order valence-electron chi connectivity index (χ2n) is 2.94. The highest BCUT2D eigenvalue weighted by Crippen LogP contribution is 2.32. The minimum absolute atomic E-state index is 0.367. The van der Waals surface area contributed by atoms with Gasteiger partial charge in [0.1, 0.15) is 0 Å². The summed E-state index contributed by atoms with van der Waals surface area (Å²) in [5, 5.41) is 0. The smallest absolute Gasteiger partial charge is 0.0747 e. The second-order valence-corrected chi connectivity index (χ2v) is 2.94. The predicted octanol–water partition coefficient (Wildman–Crippen LogP) is 2.37. The van der Waals surface area contributed by atoms with Gasteiger partial charge in [0.25, 0.3) is 0 Å². The summed E-state index contributed by atoms with van der Waals surface area (Å²) in [6, 6.07) is 8.86. The molecule has 0 radical (unpaired) electrons. The molecule has 1 aromatic carbocycles. The summed E-state index contributed by atoms with van der Waals surface area (Å²) in [7, 11) is 0. The molecule has 1 heteroatoms. The molecule has 11 heavy (non-hydrogen) atoms. The standard InChI is InChI=1S/C10H11N/c1-11-10-7-6-8-4-2-3-5-9(8)10/h2-5,10H,1,6-7H2. The van der Waals surface area contributed by atoms with Crippen LogP contribution in [0, 0.1) is 0 Å². The van der Waals surface area contributed by atoms with E-state index in [9.17, 15) is 0 Å². The van der Waals surface area contributed by atoms with E-state index in [1.54, 1.807) is 0 Å². The Bertz CT molecular complexity index is 278. The first kappa shape index (κ1) is 6.59. The fraction of sp³-hybridized carbons (Fsp3) is 0.300. The average Bonchev–Trinajstić information content (AvgIpc) is 2.47. The molecule has 56 valence electrons. The predicted molar refractivity (Wildman–Crippen MR) is 47.1 cm³/mol. The minimum atomic E-state index is 0.367. The number of fused-ring (bicyclic) bond motifs is 1. The van der Waals surface area contributed by atoms with Crippen molar-refractivity contribution >= 4 is 6.72 Å². The summed E-state index contributed by atoms with van der Waals surface area (Å²) in [5.41, 5.74) is 2.83. The molecule has 0 saturated carbocycles. The average molecular weight is 145 g/mol. The van der Waals surface area contributed by atoms with E-state index >= 15 is 0 Å². The Labute approximate surface area is 66.8 Å². The van der Waals surface area contributed by atoms with Crippen molar-refractivity contribution in [3.8, 4) is 0 Å². The van der Waals surface area contributed by atoms with Gasteiger partial charge in [0.05, 0.1) is 6.04 Å². The largest absolute Gasteiger partial charge is 0.293 e. The zero-order valence-corrected chi connectivity index (χ0v) is 6.46. The molecule has 0 amide bonds. The van der Waals surface area contributed by atoms with Crippen LogP contribution in [0.4, 0.5) is 0 Å². The maximum absolute atomic E-state index is 4.08. The molecule has 1 aromatic rings. The summed E-state index contributed by atoms with van der Waals surface area (Å²) in [5.74, 6) is 0. The number of aryl methyl sites for hydroxylation is 1. The highest BCUT2D eigenvalue weighted by Gasteiger charge is 2.19. The van der Waals surface area contributed by atoms with E-state index in [2.05, 4.69) is 36.0 Å². The van der Waals surface area contributed by atoms with Gasteiger partial charge >= 0.3 is 0 Å². The van der Waals surface area contributed by atoms with Crippen LogP contribution in [-0.4, -0.2) is 6.72 Å². The van der Waals surface area contributed by atoms with Crippen LogP contribution in [0.25, 0.3) is 0 Å². The highest BCUT2D eigenvalue weighted by molar-refractivity contribution is 5.37. The van der Waals surface area contributed by atoms with E-state index in [1.807, 2.05) is 0 Å². The highest BCUT2D eigenvalue weighted by atomic mass is 14.8. The Morgan fingerprint density at radius 3 is 3.00 bits per heavy atom. The maximum atomic E-state index is 4.08. The fourth-order valence-corrected chi connectivity index (χ4v) is 1.72. The van der Waals surface area contributed by atoms with E-state index in [0.717, 1.165) is 6.42 Å². The van der Waals surface area contributed by atoms with Crippen molar-refractivity contribution in [2.75, 3.05) is 0 Å². The quantitative estimate of drug-likeness (QED) is 0.538. The molecule has 1 aliphatic rings. The van der Waals surface area contributed by atoms with Crippen LogP contribution in [0.3, 0.4) is 0 Å². The first-order chi connectivity index (χ1) is 5.42. The van der Waals surface area contributed by atoms with Crippen molar-refractivity contribution in [1.82, 2.24) is 0 Å². The summed E-state index contributed by atoms with van der Waals surface area (Å²) in [6.07, 6.45) is 2.31. The van der Waals surface area contributed by atoms with E-state index in [4.69, 9.17) is 0 Å². The topological polar surface area (TPSA) is 12.4 Å². The molecule has 1 nitrogen and oxygen atoms in total. The molecule has 0 saturated heterocycles. The molecule has 0 N–H and O–H groups in total. The molecule has 1 atom stereocenters. The summed E-state index contributed by atoms with van der Waals surface area (Å²) in [4.78, 5) is 4.08. The number of hydrogen-bond donors (Lipinski definition) is 0. The van der Waals surface area contributed by atoms with Crippen molar-refractivity contribution in [2.24, 2.45) is 4.99 Å². The molecule has 0 bridgehead atoms. The Balaban J connectivity index is 2.46. The van der Waals surface area contributed by atoms with Crippen molar-refractivity contribution in [2.45, 2.75) is 18.9 Å². The van der Waals surface area contributed by atoms with Gasteiger partial charge in [0.2, 0.25) is 0 Å². The first-order valence-corrected chi connectivity index (χ1v) is 3.95. The van der Waals surface area contributed by atoms with Crippen LogP contribution in [0.15, 0.2) is 29.3 Å². The van der Waals surface area contributed by atoms with Crippen LogP contribution >= 0.6 is 0 Å². The van der Waals surface area contributed by atoms with Gasteiger partial charge in [0, 0.05) is 0 Å². The fourth-order valence-electron chi connectivity index (χ4n) is 1.72. The Kier molecular flexibility index (Phi) is 1.50. The number of hydrogen-bond acceptors (Lipinski definition) is 1. The zero-order chi connectivity index (χ0) is 7.68. The Morgan fingerprint density at radius 1 is 1.36 bits per heavy atom. The van der Waals surface area contributed by atoms with Crippen LogP contribution in [0.1, 0.15) is 23.6 Å². The van der Waals surface area contributed by atoms with Crippen LogP contribution < -0.4 is 0 Å². The minimum Gasteiger partial charge on any atom is -0.293 e. The summed E-state index contributed by atoms with van der Waals surface area (Å²) in [6.45, 7) is 3.59. The van der Waals surface area contributed by atoms with Gasteiger partial charge < -0.3 is 0 Å². The molecular weight excluding hydrogens is 134 g/mol. The SMILES string of the molecule is C=NC1CCc2ccccc21. The molecule has 0 heterocycles. The monoisotopic (exact) mass is 145 g/mol. The molecule has 0 fully saturated rings. The number of benzene rings is 1. The van der Waals surface area contributed by atoms with E-state index in [-0.39, 0.29) is 0 Å². The molecule has 0 spiro atoms. The number of rotatable bonds is 1. The second kappa shape index (κ2) is 2.50. The molecular formula is C10H11N. The lowest BCUT2D eigenvalue weighted by atomic mass is 10.1. The van der Waals surface area contributed by atoms with Crippen molar-refractivity contribution in [3.05, 3.63) is 35.4 Å². The number of aliphatic imine (C=N–C) groups is 1. The lowest BCUT2D eigenvalue weighted by Crippen LogP contribution is -1.86.